The van der Waals surface area contributed by atoms with E-state index in [1.807, 2.05) is 42.5 Å². The van der Waals surface area contributed by atoms with Crippen molar-refractivity contribution in [3.05, 3.63) is 106 Å². The number of carbonyl (C=O) groups is 2. The number of benzene rings is 3. The molecule has 3 aromatic rings. The molecule has 4 heteroatoms. The van der Waals surface area contributed by atoms with Crippen LogP contribution in [0.4, 0.5) is 0 Å². The third kappa shape index (κ3) is 4.58. The van der Waals surface area contributed by atoms with Crippen LogP contribution in [-0.4, -0.2) is 11.7 Å². The van der Waals surface area contributed by atoms with Gasteiger partial charge in [-0.3, -0.25) is 9.59 Å². The Balaban J connectivity index is 1.72. The van der Waals surface area contributed by atoms with Crippen molar-refractivity contribution in [1.29, 1.82) is 0 Å². The molecule has 0 unspecified atom stereocenters. The zero-order valence-corrected chi connectivity index (χ0v) is 14.9. The summed E-state index contributed by atoms with van der Waals surface area (Å²) < 4.78 is 0. The van der Waals surface area contributed by atoms with Crippen molar-refractivity contribution in [2.45, 2.75) is 13.0 Å². The normalized spacial score (nSPS) is 10.3. The van der Waals surface area contributed by atoms with E-state index in [9.17, 15) is 9.59 Å². The largest absolute Gasteiger partial charge is 0.348 e. The molecule has 0 spiro atoms. The van der Waals surface area contributed by atoms with E-state index in [1.165, 1.54) is 0 Å². The van der Waals surface area contributed by atoms with Crippen LogP contribution >= 0.6 is 11.6 Å². The maximum Gasteiger partial charge on any atom is 0.251 e. The minimum Gasteiger partial charge on any atom is -0.348 e. The van der Waals surface area contributed by atoms with Gasteiger partial charge in [-0.1, -0.05) is 60.1 Å². The molecule has 3 aromatic carbocycles. The van der Waals surface area contributed by atoms with Crippen molar-refractivity contribution in [2.75, 3.05) is 0 Å². The summed E-state index contributed by atoms with van der Waals surface area (Å²) in [4.78, 5) is 25.1. The first-order chi connectivity index (χ1) is 12.6. The Labute approximate surface area is 157 Å². The minimum absolute atomic E-state index is 0.0509. The fourth-order valence-corrected chi connectivity index (χ4v) is 2.81. The molecule has 0 fully saturated rings. The molecular weight excluding hydrogens is 346 g/mol. The highest BCUT2D eigenvalue weighted by Crippen LogP contribution is 2.15. The summed E-state index contributed by atoms with van der Waals surface area (Å²) in [5, 5.41) is 3.49. The third-order valence-corrected chi connectivity index (χ3v) is 4.33. The fraction of sp³-hybridized carbons (Fsp3) is 0.0909. The molecule has 0 aliphatic heterocycles. The van der Waals surface area contributed by atoms with Gasteiger partial charge in [0.15, 0.2) is 5.78 Å². The lowest BCUT2D eigenvalue weighted by Gasteiger charge is -2.10. The van der Waals surface area contributed by atoms with E-state index in [4.69, 9.17) is 11.6 Å². The van der Waals surface area contributed by atoms with Crippen LogP contribution in [0, 0.1) is 0 Å². The quantitative estimate of drug-likeness (QED) is 0.645. The fourth-order valence-electron chi connectivity index (χ4n) is 2.68. The monoisotopic (exact) mass is 363 g/mol. The molecule has 1 amide bonds. The van der Waals surface area contributed by atoms with Crippen molar-refractivity contribution in [3.8, 4) is 0 Å². The second kappa shape index (κ2) is 8.45. The Hall–Kier alpha value is -2.91. The standard InChI is InChI=1S/C22H18ClNO2/c23-19-12-10-17(11-13-19)21(25)14-18-8-4-5-9-20(18)22(26)24-15-16-6-2-1-3-7-16/h1-13H,14-15H2,(H,24,26). The predicted molar refractivity (Wildman–Crippen MR) is 104 cm³/mol. The van der Waals surface area contributed by atoms with Gasteiger partial charge < -0.3 is 5.32 Å². The van der Waals surface area contributed by atoms with E-state index in [-0.39, 0.29) is 18.1 Å². The Bertz CT molecular complexity index is 905. The Morgan fingerprint density at radius 2 is 1.46 bits per heavy atom. The van der Waals surface area contributed by atoms with Gasteiger partial charge in [-0.25, -0.2) is 0 Å². The number of amides is 1. The topological polar surface area (TPSA) is 46.2 Å². The lowest BCUT2D eigenvalue weighted by molar-refractivity contribution is 0.0950. The van der Waals surface area contributed by atoms with Gasteiger partial charge in [-0.05, 0) is 41.5 Å². The van der Waals surface area contributed by atoms with Gasteiger partial charge in [0, 0.05) is 29.1 Å². The lowest BCUT2D eigenvalue weighted by Crippen LogP contribution is -2.24. The molecule has 0 bridgehead atoms. The van der Waals surface area contributed by atoms with Gasteiger partial charge in [0.05, 0.1) is 0 Å². The molecule has 3 nitrogen and oxygen atoms in total. The number of ketones is 1. The number of rotatable bonds is 6. The first kappa shape index (κ1) is 17.9. The van der Waals surface area contributed by atoms with Crippen LogP contribution in [0.3, 0.4) is 0 Å². The molecule has 26 heavy (non-hydrogen) atoms. The summed E-state index contributed by atoms with van der Waals surface area (Å²) >= 11 is 5.86. The predicted octanol–water partition coefficient (Wildman–Crippen LogP) is 4.70. The number of Topliss-reactive ketones (excluding diaryl/α,β-unsaturated/α-hetero) is 1. The van der Waals surface area contributed by atoms with E-state index < -0.39 is 0 Å². The summed E-state index contributed by atoms with van der Waals surface area (Å²) in [6, 6.07) is 23.7. The molecule has 130 valence electrons. The van der Waals surface area contributed by atoms with Crippen LogP contribution in [0.1, 0.15) is 31.8 Å². The average molecular weight is 364 g/mol. The zero-order valence-electron chi connectivity index (χ0n) is 14.1. The number of hydrogen-bond donors (Lipinski definition) is 1. The molecule has 3 rings (SSSR count). The van der Waals surface area contributed by atoms with Gasteiger partial charge in [0.2, 0.25) is 0 Å². The Morgan fingerprint density at radius 3 is 2.19 bits per heavy atom. The first-order valence-electron chi connectivity index (χ1n) is 8.32. The molecular formula is C22H18ClNO2. The average Bonchev–Trinajstić information content (AvgIpc) is 2.68. The van der Waals surface area contributed by atoms with Crippen molar-refractivity contribution in [3.63, 3.8) is 0 Å². The van der Waals surface area contributed by atoms with Crippen molar-refractivity contribution in [2.24, 2.45) is 0 Å². The maximum absolute atomic E-state index is 12.6. The SMILES string of the molecule is O=C(Cc1ccccc1C(=O)NCc1ccccc1)c1ccc(Cl)cc1. The maximum atomic E-state index is 12.6. The summed E-state index contributed by atoms with van der Waals surface area (Å²) in [6.45, 7) is 0.444. The van der Waals surface area contributed by atoms with Gasteiger partial charge in [0.1, 0.15) is 0 Å². The molecule has 0 saturated heterocycles. The molecule has 0 saturated carbocycles. The molecule has 0 atom stereocenters. The molecule has 0 aromatic heterocycles. The van der Waals surface area contributed by atoms with E-state index in [0.717, 1.165) is 5.56 Å². The van der Waals surface area contributed by atoms with E-state index in [1.54, 1.807) is 36.4 Å². The highest BCUT2D eigenvalue weighted by molar-refractivity contribution is 6.30. The molecule has 0 aliphatic rings. The summed E-state index contributed by atoms with van der Waals surface area (Å²) in [6.07, 6.45) is 0.163. The summed E-state index contributed by atoms with van der Waals surface area (Å²) in [5.41, 5.74) is 2.83. The van der Waals surface area contributed by atoms with Crippen LogP contribution < -0.4 is 5.32 Å². The number of carbonyl (C=O) groups excluding carboxylic acids is 2. The third-order valence-electron chi connectivity index (χ3n) is 4.08. The highest BCUT2D eigenvalue weighted by atomic mass is 35.5. The van der Waals surface area contributed by atoms with E-state index >= 15 is 0 Å². The molecule has 0 heterocycles. The number of nitrogens with one attached hydrogen (secondary N) is 1. The van der Waals surface area contributed by atoms with Crippen LogP contribution in [0.2, 0.25) is 5.02 Å². The van der Waals surface area contributed by atoms with Crippen molar-refractivity contribution >= 4 is 23.3 Å². The van der Waals surface area contributed by atoms with Crippen LogP contribution in [0.25, 0.3) is 0 Å². The van der Waals surface area contributed by atoms with Gasteiger partial charge in [0.25, 0.3) is 5.91 Å². The van der Waals surface area contributed by atoms with Crippen LogP contribution in [0.5, 0.6) is 0 Å². The van der Waals surface area contributed by atoms with Gasteiger partial charge in [-0.2, -0.15) is 0 Å². The second-order valence-corrected chi connectivity index (χ2v) is 6.37. The second-order valence-electron chi connectivity index (χ2n) is 5.93. The number of hydrogen-bond acceptors (Lipinski definition) is 2. The summed E-state index contributed by atoms with van der Waals surface area (Å²) in [7, 11) is 0. The highest BCUT2D eigenvalue weighted by Gasteiger charge is 2.14. The van der Waals surface area contributed by atoms with Crippen LogP contribution in [0.15, 0.2) is 78.9 Å². The van der Waals surface area contributed by atoms with E-state index in [0.29, 0.717) is 28.3 Å². The number of halogens is 1. The smallest absolute Gasteiger partial charge is 0.251 e. The van der Waals surface area contributed by atoms with Gasteiger partial charge in [-0.15, -0.1) is 0 Å². The Morgan fingerprint density at radius 1 is 0.808 bits per heavy atom. The lowest BCUT2D eigenvalue weighted by atomic mass is 9.98. The first-order valence-corrected chi connectivity index (χ1v) is 8.70. The van der Waals surface area contributed by atoms with Crippen molar-refractivity contribution in [1.82, 2.24) is 5.32 Å². The Kier molecular flexibility index (Phi) is 5.82. The van der Waals surface area contributed by atoms with Gasteiger partial charge >= 0.3 is 0 Å². The van der Waals surface area contributed by atoms with E-state index in [2.05, 4.69) is 5.32 Å². The molecule has 1 N–H and O–H groups in total. The van der Waals surface area contributed by atoms with Crippen LogP contribution in [-0.2, 0) is 13.0 Å². The zero-order chi connectivity index (χ0) is 18.4. The summed E-state index contributed by atoms with van der Waals surface area (Å²) in [5.74, 6) is -0.238. The molecule has 0 radical (unpaired) electrons. The van der Waals surface area contributed by atoms with Crippen molar-refractivity contribution < 1.29 is 9.59 Å². The molecule has 0 aliphatic carbocycles. The minimum atomic E-state index is -0.187.